The summed E-state index contributed by atoms with van der Waals surface area (Å²) in [5.74, 6) is -0.894. The van der Waals surface area contributed by atoms with E-state index in [9.17, 15) is 14.4 Å². The molecule has 0 unspecified atom stereocenters. The number of carboxylic acid groups (broad SMARTS) is 1. The largest absolute Gasteiger partial charge is 0.511 e. The highest BCUT2D eigenvalue weighted by Gasteiger charge is 2.28. The molecule has 1 saturated heterocycles. The van der Waals surface area contributed by atoms with E-state index in [2.05, 4.69) is 4.74 Å². The molecule has 0 spiro atoms. The van der Waals surface area contributed by atoms with E-state index in [1.807, 2.05) is 4.90 Å². The number of hydrogen-bond donors (Lipinski definition) is 1. The van der Waals surface area contributed by atoms with Crippen molar-refractivity contribution in [3.63, 3.8) is 0 Å². The van der Waals surface area contributed by atoms with Gasteiger partial charge in [-0.3, -0.25) is 9.59 Å². The molecule has 1 aromatic heterocycles. The number of anilines is 1. The lowest BCUT2D eigenvalue weighted by Gasteiger charge is -2.36. The first-order valence-electron chi connectivity index (χ1n) is 10.2. The minimum atomic E-state index is -1.59. The number of fused-ring (bicyclic) bond motifs is 1. The Morgan fingerprint density at radius 3 is 2.52 bits per heavy atom. The number of carbonyl (C=O) groups is 2. The van der Waals surface area contributed by atoms with Gasteiger partial charge in [-0.15, -0.1) is 0 Å². The van der Waals surface area contributed by atoms with Crippen LogP contribution in [0.25, 0.3) is 10.9 Å². The molecule has 1 saturated carbocycles. The molecule has 0 radical (unpaired) electrons. The number of aromatic nitrogens is 1. The Morgan fingerprint density at radius 1 is 1.19 bits per heavy atom. The molecule has 1 aliphatic carbocycles. The van der Waals surface area contributed by atoms with E-state index in [1.165, 1.54) is 6.20 Å². The van der Waals surface area contributed by atoms with Crippen molar-refractivity contribution in [3.8, 4) is 5.75 Å². The Labute approximate surface area is 177 Å². The van der Waals surface area contributed by atoms with E-state index in [0.717, 1.165) is 18.9 Å². The minimum Gasteiger partial charge on any atom is -0.449 e. The second-order valence-electron chi connectivity index (χ2n) is 7.76. The van der Waals surface area contributed by atoms with E-state index in [-0.39, 0.29) is 23.1 Å². The van der Waals surface area contributed by atoms with Crippen LogP contribution in [-0.4, -0.2) is 66.5 Å². The van der Waals surface area contributed by atoms with E-state index in [1.54, 1.807) is 22.6 Å². The molecule has 0 bridgehead atoms. The fourth-order valence-corrected chi connectivity index (χ4v) is 3.94. The van der Waals surface area contributed by atoms with Crippen LogP contribution in [0.1, 0.15) is 25.3 Å². The van der Waals surface area contributed by atoms with Gasteiger partial charge in [-0.1, -0.05) is 0 Å². The lowest BCUT2D eigenvalue weighted by atomic mass is 10.1. The fraction of sp³-hybridized carbons (Fsp3) is 0.476. The number of piperazine rings is 1. The Kier molecular flexibility index (Phi) is 5.81. The van der Waals surface area contributed by atoms with Gasteiger partial charge in [0, 0.05) is 39.3 Å². The molecule has 0 atom stereocenters. The van der Waals surface area contributed by atoms with Crippen molar-refractivity contribution in [1.29, 1.82) is 0 Å². The van der Waals surface area contributed by atoms with Gasteiger partial charge in [-0.2, -0.15) is 0 Å². The number of rotatable bonds is 6. The monoisotopic (exact) mass is 433 g/mol. The van der Waals surface area contributed by atoms with Gasteiger partial charge in [0.15, 0.2) is 5.75 Å². The number of carbonyl (C=O) groups excluding carboxylic acids is 1. The fourth-order valence-electron chi connectivity index (χ4n) is 3.94. The topological polar surface area (TPSA) is 101 Å². The third kappa shape index (κ3) is 4.34. The molecule has 2 aliphatic rings. The van der Waals surface area contributed by atoms with Crippen molar-refractivity contribution in [3.05, 3.63) is 34.4 Å². The third-order valence-corrected chi connectivity index (χ3v) is 5.70. The zero-order valence-electron chi connectivity index (χ0n) is 17.2. The highest BCUT2D eigenvalue weighted by atomic mass is 19.1. The van der Waals surface area contributed by atoms with Crippen LogP contribution in [0.4, 0.5) is 14.9 Å². The number of amides is 1. The van der Waals surface area contributed by atoms with Crippen molar-refractivity contribution in [2.75, 3.05) is 44.8 Å². The first-order chi connectivity index (χ1) is 14.9. The van der Waals surface area contributed by atoms with Crippen LogP contribution in [0.5, 0.6) is 5.75 Å². The minimum absolute atomic E-state index is 0.00835. The third-order valence-electron chi connectivity index (χ3n) is 5.70. The van der Waals surface area contributed by atoms with Crippen molar-refractivity contribution in [2.24, 2.45) is 0 Å². The number of halogens is 1. The van der Waals surface area contributed by atoms with E-state index < -0.39 is 17.4 Å². The molecule has 1 aromatic carbocycles. The first-order valence-corrected chi connectivity index (χ1v) is 10.2. The highest BCUT2D eigenvalue weighted by molar-refractivity contribution is 5.85. The van der Waals surface area contributed by atoms with Gasteiger partial charge < -0.3 is 28.9 Å². The second-order valence-corrected chi connectivity index (χ2v) is 7.76. The van der Waals surface area contributed by atoms with Crippen LogP contribution in [0.3, 0.4) is 0 Å². The average molecular weight is 433 g/mol. The van der Waals surface area contributed by atoms with Gasteiger partial charge in [0.2, 0.25) is 11.3 Å². The molecule has 1 aliphatic heterocycles. The van der Waals surface area contributed by atoms with Gasteiger partial charge in [0.05, 0.1) is 35.8 Å². The average Bonchev–Trinajstić information content (AvgIpc) is 3.59. The number of hydrogen-bond acceptors (Lipinski definition) is 6. The number of pyridine rings is 1. The Hall–Kier alpha value is -3.14. The highest BCUT2D eigenvalue weighted by Crippen LogP contribution is 2.39. The lowest BCUT2D eigenvalue weighted by Crippen LogP contribution is -2.49. The van der Waals surface area contributed by atoms with Gasteiger partial charge >= 0.3 is 6.16 Å². The maximum absolute atomic E-state index is 15.0. The van der Waals surface area contributed by atoms with Crippen LogP contribution in [0.2, 0.25) is 0 Å². The number of methoxy groups -OCH3 is 1. The molecule has 1 N–H and O–H groups in total. The van der Waals surface area contributed by atoms with Crippen LogP contribution in [0.15, 0.2) is 23.1 Å². The Morgan fingerprint density at radius 2 is 1.90 bits per heavy atom. The summed E-state index contributed by atoms with van der Waals surface area (Å²) in [4.78, 5) is 39.4. The lowest BCUT2D eigenvalue weighted by molar-refractivity contribution is -0.132. The summed E-state index contributed by atoms with van der Waals surface area (Å²) in [6, 6.07) is 2.90. The predicted octanol–water partition coefficient (Wildman–Crippen LogP) is 2.22. The summed E-state index contributed by atoms with van der Waals surface area (Å²) in [7, 11) is 1.55. The molecule has 166 valence electrons. The molecule has 2 aromatic rings. The summed E-state index contributed by atoms with van der Waals surface area (Å²) >= 11 is 0. The molecule has 4 rings (SSSR count). The normalized spacial score (nSPS) is 16.6. The van der Waals surface area contributed by atoms with Gasteiger partial charge in [-0.25, -0.2) is 9.18 Å². The van der Waals surface area contributed by atoms with Crippen LogP contribution >= 0.6 is 0 Å². The SMILES string of the molecule is COCCC(=O)N1CCN(c2cc3c(cc2F)c(=O)c(OC(=O)O)cn3C2CC2)CC1. The molecular weight excluding hydrogens is 409 g/mol. The molecular formula is C21H24FN3O6. The van der Waals surface area contributed by atoms with Crippen LogP contribution < -0.4 is 15.1 Å². The van der Waals surface area contributed by atoms with Gasteiger partial charge in [-0.05, 0) is 25.0 Å². The summed E-state index contributed by atoms with van der Waals surface area (Å²) in [6.07, 6.45) is 1.90. The second kappa shape index (κ2) is 8.54. The quantitative estimate of drug-likeness (QED) is 0.697. The summed E-state index contributed by atoms with van der Waals surface area (Å²) in [6.45, 7) is 2.25. The van der Waals surface area contributed by atoms with Gasteiger partial charge in [0.25, 0.3) is 0 Å². The summed E-state index contributed by atoms with van der Waals surface area (Å²) in [5.41, 5.74) is 0.241. The molecule has 10 heteroatoms. The zero-order valence-corrected chi connectivity index (χ0v) is 17.2. The van der Waals surface area contributed by atoms with E-state index in [4.69, 9.17) is 9.84 Å². The summed E-state index contributed by atoms with van der Waals surface area (Å²) in [5, 5.41) is 8.98. The van der Waals surface area contributed by atoms with E-state index >= 15 is 4.39 Å². The number of nitrogens with zero attached hydrogens (tertiary/aromatic N) is 3. The molecule has 31 heavy (non-hydrogen) atoms. The Balaban J connectivity index is 1.64. The van der Waals surface area contributed by atoms with E-state index in [0.29, 0.717) is 50.4 Å². The zero-order chi connectivity index (χ0) is 22.1. The smallest absolute Gasteiger partial charge is 0.449 e. The standard InChI is InChI=1S/C21H24FN3O6/c1-30-9-4-19(26)24-7-5-23(6-8-24)17-11-16-14(10-15(17)22)20(27)18(31-21(28)29)12-25(16)13-2-3-13/h10-13H,2-9H2,1H3,(H,28,29). The van der Waals surface area contributed by atoms with Crippen LogP contribution in [0, 0.1) is 5.82 Å². The molecule has 9 nitrogen and oxygen atoms in total. The maximum Gasteiger partial charge on any atom is 0.511 e. The number of ether oxygens (including phenoxy) is 2. The van der Waals surface area contributed by atoms with Gasteiger partial charge in [0.1, 0.15) is 5.82 Å². The molecule has 1 amide bonds. The first kappa shape index (κ1) is 21.1. The van der Waals surface area contributed by atoms with Crippen molar-refractivity contribution in [1.82, 2.24) is 9.47 Å². The summed E-state index contributed by atoms with van der Waals surface area (Å²) < 4.78 is 26.4. The molecule has 2 heterocycles. The van der Waals surface area contributed by atoms with Crippen molar-refractivity contribution < 1.29 is 28.6 Å². The molecule has 2 fully saturated rings. The predicted molar refractivity (Wildman–Crippen MR) is 110 cm³/mol. The Bertz CT molecular complexity index is 1070. The van der Waals surface area contributed by atoms with Crippen molar-refractivity contribution >= 4 is 28.7 Å². The maximum atomic E-state index is 15.0. The van der Waals surface area contributed by atoms with Crippen molar-refractivity contribution in [2.45, 2.75) is 25.3 Å². The van der Waals surface area contributed by atoms with Crippen LogP contribution in [-0.2, 0) is 9.53 Å². The number of benzene rings is 1.